The van der Waals surface area contributed by atoms with Gasteiger partial charge in [0.1, 0.15) is 9.77 Å². The van der Waals surface area contributed by atoms with E-state index in [9.17, 15) is 13.2 Å². The van der Waals surface area contributed by atoms with Crippen LogP contribution in [0.1, 0.15) is 21.1 Å². The molecule has 0 amide bonds. The number of nitrogens with one attached hydrogen (secondary N) is 2. The number of H-pyrrole nitrogens is 1. The Labute approximate surface area is 127 Å². The van der Waals surface area contributed by atoms with Crippen LogP contribution in [-0.4, -0.2) is 29.7 Å². The molecule has 0 saturated carbocycles. The number of hydrogen-bond donors (Lipinski definition) is 3. The van der Waals surface area contributed by atoms with Gasteiger partial charge in [0.05, 0.1) is 20.9 Å². The Balaban J connectivity index is 2.43. The van der Waals surface area contributed by atoms with Crippen molar-refractivity contribution in [2.24, 2.45) is 0 Å². The van der Waals surface area contributed by atoms with E-state index in [1.54, 1.807) is 13.8 Å². The van der Waals surface area contributed by atoms with Gasteiger partial charge in [0, 0.05) is 0 Å². The second kappa shape index (κ2) is 5.19. The molecular formula is C10H10BrN3O4S2. The number of aromatic amines is 1. The van der Waals surface area contributed by atoms with Crippen molar-refractivity contribution in [1.82, 2.24) is 10.2 Å². The third-order valence-electron chi connectivity index (χ3n) is 2.52. The van der Waals surface area contributed by atoms with Crippen molar-refractivity contribution < 1.29 is 18.3 Å². The van der Waals surface area contributed by atoms with E-state index in [2.05, 4.69) is 30.8 Å². The third-order valence-corrected chi connectivity index (χ3v) is 6.11. The maximum absolute atomic E-state index is 12.3. The van der Waals surface area contributed by atoms with Crippen LogP contribution in [0, 0.1) is 13.8 Å². The summed E-state index contributed by atoms with van der Waals surface area (Å²) in [7, 11) is -3.88. The van der Waals surface area contributed by atoms with Gasteiger partial charge in [-0.2, -0.15) is 5.10 Å². The molecule has 108 valence electrons. The number of rotatable bonds is 4. The summed E-state index contributed by atoms with van der Waals surface area (Å²) in [6.07, 6.45) is 0. The average molecular weight is 380 g/mol. The number of nitrogens with zero attached hydrogens (tertiary/aromatic N) is 1. The van der Waals surface area contributed by atoms with E-state index in [1.165, 1.54) is 0 Å². The lowest BCUT2D eigenvalue weighted by Gasteiger charge is -2.06. The van der Waals surface area contributed by atoms with E-state index in [-0.39, 0.29) is 13.6 Å². The third kappa shape index (κ3) is 2.72. The first-order chi connectivity index (χ1) is 9.22. The summed E-state index contributed by atoms with van der Waals surface area (Å²) in [6, 6.07) is 1.12. The molecule has 0 aliphatic carbocycles. The van der Waals surface area contributed by atoms with Gasteiger partial charge in [-0.15, -0.1) is 11.3 Å². The molecule has 0 spiro atoms. The lowest BCUT2D eigenvalue weighted by molar-refractivity contribution is 0.0702. The first kappa shape index (κ1) is 15.0. The molecule has 7 nitrogen and oxygen atoms in total. The smallest absolute Gasteiger partial charge is 0.345 e. The van der Waals surface area contributed by atoms with E-state index >= 15 is 0 Å². The first-order valence-electron chi connectivity index (χ1n) is 5.29. The molecule has 3 N–H and O–H groups in total. The molecule has 0 aromatic carbocycles. The van der Waals surface area contributed by atoms with Crippen LogP contribution in [-0.2, 0) is 10.0 Å². The van der Waals surface area contributed by atoms with Crippen molar-refractivity contribution in [2.75, 3.05) is 4.72 Å². The maximum atomic E-state index is 12.3. The van der Waals surface area contributed by atoms with Crippen LogP contribution >= 0.6 is 27.3 Å². The molecule has 0 unspecified atom stereocenters. The molecular weight excluding hydrogens is 370 g/mol. The van der Waals surface area contributed by atoms with Gasteiger partial charge in [0.25, 0.3) is 10.0 Å². The molecule has 0 bridgehead atoms. The van der Waals surface area contributed by atoms with Crippen molar-refractivity contribution in [2.45, 2.75) is 18.7 Å². The van der Waals surface area contributed by atoms with Crippen LogP contribution in [0.2, 0.25) is 0 Å². The van der Waals surface area contributed by atoms with Gasteiger partial charge < -0.3 is 5.11 Å². The van der Waals surface area contributed by atoms with E-state index in [0.29, 0.717) is 17.1 Å². The Morgan fingerprint density at radius 1 is 1.50 bits per heavy atom. The summed E-state index contributed by atoms with van der Waals surface area (Å²) >= 11 is 3.92. The summed E-state index contributed by atoms with van der Waals surface area (Å²) in [4.78, 5) is 10.7. The fourth-order valence-electron chi connectivity index (χ4n) is 1.53. The molecule has 0 radical (unpaired) electrons. The van der Waals surface area contributed by atoms with Crippen molar-refractivity contribution >= 4 is 48.9 Å². The molecule has 20 heavy (non-hydrogen) atoms. The van der Waals surface area contributed by atoms with Gasteiger partial charge in [-0.3, -0.25) is 9.82 Å². The van der Waals surface area contributed by atoms with Crippen LogP contribution < -0.4 is 4.72 Å². The number of sulfonamides is 1. The molecule has 0 saturated heterocycles. The Morgan fingerprint density at radius 3 is 2.60 bits per heavy atom. The zero-order valence-electron chi connectivity index (χ0n) is 10.4. The highest BCUT2D eigenvalue weighted by Gasteiger charge is 2.24. The standard InChI is InChI=1S/C10H10BrN3O4S2/c1-4-8(5(2)13-12-4)14-20(17,18)7-3-6(10(15)16)19-9(7)11/h3,14H,1-2H3,(H,12,13)(H,15,16). The number of carboxylic acids is 1. The number of anilines is 1. The molecule has 0 atom stereocenters. The molecule has 2 aromatic rings. The molecule has 0 fully saturated rings. The Hall–Kier alpha value is -1.39. The average Bonchev–Trinajstić information content (AvgIpc) is 2.87. The van der Waals surface area contributed by atoms with Gasteiger partial charge in [0.2, 0.25) is 0 Å². The van der Waals surface area contributed by atoms with Crippen molar-refractivity contribution in [1.29, 1.82) is 0 Å². The van der Waals surface area contributed by atoms with Gasteiger partial charge in [-0.25, -0.2) is 13.2 Å². The summed E-state index contributed by atoms with van der Waals surface area (Å²) in [5, 5.41) is 15.5. The highest BCUT2D eigenvalue weighted by molar-refractivity contribution is 9.11. The number of thiophene rings is 1. The minimum absolute atomic E-state index is 0.0575. The monoisotopic (exact) mass is 379 g/mol. The summed E-state index contributed by atoms with van der Waals surface area (Å²) < 4.78 is 27.2. The number of aromatic nitrogens is 2. The normalized spacial score (nSPS) is 11.6. The Kier molecular flexibility index (Phi) is 3.89. The van der Waals surface area contributed by atoms with Crippen LogP contribution in [0.15, 0.2) is 14.7 Å². The van der Waals surface area contributed by atoms with Gasteiger partial charge >= 0.3 is 5.97 Å². The predicted molar refractivity (Wildman–Crippen MR) is 77.8 cm³/mol. The van der Waals surface area contributed by atoms with Crippen LogP contribution in [0.25, 0.3) is 0 Å². The highest BCUT2D eigenvalue weighted by atomic mass is 79.9. The highest BCUT2D eigenvalue weighted by Crippen LogP contribution is 2.33. The molecule has 0 aliphatic rings. The quantitative estimate of drug-likeness (QED) is 0.754. The zero-order chi connectivity index (χ0) is 15.1. The first-order valence-corrected chi connectivity index (χ1v) is 8.38. The largest absolute Gasteiger partial charge is 0.477 e. The predicted octanol–water partition coefficient (Wildman–Crippen LogP) is 2.35. The topological polar surface area (TPSA) is 112 Å². The van der Waals surface area contributed by atoms with Gasteiger partial charge in [-0.1, -0.05) is 0 Å². The van der Waals surface area contributed by atoms with Crippen molar-refractivity contribution in [3.63, 3.8) is 0 Å². The van der Waals surface area contributed by atoms with Crippen LogP contribution in [0.3, 0.4) is 0 Å². The van der Waals surface area contributed by atoms with Gasteiger partial charge in [0.15, 0.2) is 0 Å². The molecule has 2 rings (SSSR count). The van der Waals surface area contributed by atoms with E-state index in [0.717, 1.165) is 17.4 Å². The maximum Gasteiger partial charge on any atom is 0.345 e. The Morgan fingerprint density at radius 2 is 2.15 bits per heavy atom. The number of aromatic carboxylic acids is 1. The fourth-order valence-corrected chi connectivity index (χ4v) is 5.12. The van der Waals surface area contributed by atoms with Crippen molar-refractivity contribution in [3.8, 4) is 0 Å². The number of halogens is 1. The van der Waals surface area contributed by atoms with Gasteiger partial charge in [-0.05, 0) is 35.8 Å². The number of aryl methyl sites for hydroxylation is 2. The minimum atomic E-state index is -3.88. The Bertz CT molecular complexity index is 759. The fraction of sp³-hybridized carbons (Fsp3) is 0.200. The zero-order valence-corrected chi connectivity index (χ0v) is 13.6. The van der Waals surface area contributed by atoms with E-state index < -0.39 is 16.0 Å². The van der Waals surface area contributed by atoms with Crippen molar-refractivity contribution in [3.05, 3.63) is 26.1 Å². The second-order valence-electron chi connectivity index (χ2n) is 3.97. The van der Waals surface area contributed by atoms with E-state index in [4.69, 9.17) is 5.11 Å². The lowest BCUT2D eigenvalue weighted by atomic mass is 10.3. The second-order valence-corrected chi connectivity index (χ2v) is 7.99. The van der Waals surface area contributed by atoms with E-state index in [1.807, 2.05) is 0 Å². The molecule has 2 aromatic heterocycles. The number of hydrogen-bond acceptors (Lipinski definition) is 5. The summed E-state index contributed by atoms with van der Waals surface area (Å²) in [6.45, 7) is 3.34. The number of carboxylic acid groups (broad SMARTS) is 1. The minimum Gasteiger partial charge on any atom is -0.477 e. The molecule has 10 heteroatoms. The SMILES string of the molecule is Cc1n[nH]c(C)c1NS(=O)(=O)c1cc(C(=O)O)sc1Br. The summed E-state index contributed by atoms with van der Waals surface area (Å²) in [5.74, 6) is -1.17. The van der Waals surface area contributed by atoms with Crippen LogP contribution in [0.5, 0.6) is 0 Å². The summed E-state index contributed by atoms with van der Waals surface area (Å²) in [5.41, 5.74) is 1.45. The molecule has 0 aliphatic heterocycles. The number of carbonyl (C=O) groups is 1. The lowest BCUT2D eigenvalue weighted by Crippen LogP contribution is -2.13. The van der Waals surface area contributed by atoms with Crippen LogP contribution in [0.4, 0.5) is 5.69 Å². The molecule has 2 heterocycles.